The van der Waals surface area contributed by atoms with Crippen molar-refractivity contribution in [3.05, 3.63) is 28.2 Å². The minimum Gasteiger partial charge on any atom is -0.385 e. The molecule has 1 heterocycles. The van der Waals surface area contributed by atoms with E-state index in [1.807, 2.05) is 0 Å². The lowest BCUT2D eigenvalue weighted by Crippen LogP contribution is -2.17. The first-order chi connectivity index (χ1) is 7.25. The van der Waals surface area contributed by atoms with E-state index < -0.39 is 0 Å². The van der Waals surface area contributed by atoms with Crippen molar-refractivity contribution in [3.63, 3.8) is 0 Å². The minimum atomic E-state index is 0.786. The molecule has 1 saturated heterocycles. The maximum absolute atomic E-state index is 3.51. The van der Waals surface area contributed by atoms with Gasteiger partial charge in [-0.05, 0) is 56.1 Å². The summed E-state index contributed by atoms with van der Waals surface area (Å²) in [6, 6.07) is 6.41. The van der Waals surface area contributed by atoms with Gasteiger partial charge in [-0.15, -0.1) is 0 Å². The molecule has 1 atom stereocenters. The van der Waals surface area contributed by atoms with Crippen molar-refractivity contribution in [1.82, 2.24) is 5.32 Å². The Morgan fingerprint density at radius 2 is 2.40 bits per heavy atom. The predicted molar refractivity (Wildman–Crippen MR) is 68.3 cm³/mol. The number of rotatable bonds is 3. The normalized spacial score (nSPS) is 20.5. The first-order valence-electron chi connectivity index (χ1n) is 5.46. The van der Waals surface area contributed by atoms with Crippen LogP contribution in [0.3, 0.4) is 0 Å². The van der Waals surface area contributed by atoms with Crippen LogP contribution in [0.1, 0.15) is 12.0 Å². The quantitative estimate of drug-likeness (QED) is 0.881. The molecule has 82 valence electrons. The standard InChI is InChI=1S/C12H17BrN2/c1-9-6-11(2-3-12(9)13)15-8-10-4-5-14-7-10/h2-3,6,10,14-15H,4-5,7-8H2,1H3. The van der Waals surface area contributed by atoms with E-state index in [1.54, 1.807) is 0 Å². The molecule has 0 radical (unpaired) electrons. The molecule has 0 amide bonds. The fourth-order valence-electron chi connectivity index (χ4n) is 1.91. The first kappa shape index (κ1) is 11.0. The van der Waals surface area contributed by atoms with Gasteiger partial charge in [-0.3, -0.25) is 0 Å². The molecule has 1 aromatic rings. The molecule has 0 aliphatic carbocycles. The summed E-state index contributed by atoms with van der Waals surface area (Å²) in [6.45, 7) is 5.52. The van der Waals surface area contributed by atoms with E-state index in [-0.39, 0.29) is 0 Å². The Bertz CT molecular complexity index is 332. The van der Waals surface area contributed by atoms with Crippen LogP contribution in [0.2, 0.25) is 0 Å². The maximum atomic E-state index is 3.51. The van der Waals surface area contributed by atoms with Crippen molar-refractivity contribution in [2.24, 2.45) is 5.92 Å². The Labute approximate surface area is 99.6 Å². The summed E-state index contributed by atoms with van der Waals surface area (Å²) in [7, 11) is 0. The van der Waals surface area contributed by atoms with Crippen LogP contribution in [-0.4, -0.2) is 19.6 Å². The highest BCUT2D eigenvalue weighted by Crippen LogP contribution is 2.20. The van der Waals surface area contributed by atoms with Crippen LogP contribution in [-0.2, 0) is 0 Å². The van der Waals surface area contributed by atoms with Crippen molar-refractivity contribution in [2.75, 3.05) is 25.0 Å². The van der Waals surface area contributed by atoms with E-state index in [2.05, 4.69) is 51.7 Å². The third-order valence-corrected chi connectivity index (χ3v) is 3.80. The SMILES string of the molecule is Cc1cc(NCC2CCNC2)ccc1Br. The van der Waals surface area contributed by atoms with E-state index >= 15 is 0 Å². The van der Waals surface area contributed by atoms with Gasteiger partial charge >= 0.3 is 0 Å². The van der Waals surface area contributed by atoms with Gasteiger partial charge in [0.15, 0.2) is 0 Å². The second-order valence-corrected chi connectivity index (χ2v) is 5.06. The van der Waals surface area contributed by atoms with Crippen molar-refractivity contribution < 1.29 is 0 Å². The summed E-state index contributed by atoms with van der Waals surface area (Å²) < 4.78 is 1.18. The van der Waals surface area contributed by atoms with Crippen molar-refractivity contribution in [3.8, 4) is 0 Å². The van der Waals surface area contributed by atoms with Gasteiger partial charge in [0.1, 0.15) is 0 Å². The number of anilines is 1. The lowest BCUT2D eigenvalue weighted by atomic mass is 10.1. The van der Waals surface area contributed by atoms with E-state index in [9.17, 15) is 0 Å². The van der Waals surface area contributed by atoms with Gasteiger partial charge in [0.25, 0.3) is 0 Å². The van der Waals surface area contributed by atoms with Gasteiger partial charge < -0.3 is 10.6 Å². The molecular weight excluding hydrogens is 252 g/mol. The third kappa shape index (κ3) is 2.95. The topological polar surface area (TPSA) is 24.1 Å². The summed E-state index contributed by atoms with van der Waals surface area (Å²) in [5, 5.41) is 6.88. The molecule has 2 nitrogen and oxygen atoms in total. The number of benzene rings is 1. The van der Waals surface area contributed by atoms with Crippen LogP contribution in [0, 0.1) is 12.8 Å². The highest BCUT2D eigenvalue weighted by molar-refractivity contribution is 9.10. The lowest BCUT2D eigenvalue weighted by molar-refractivity contribution is 0.615. The number of aryl methyl sites for hydroxylation is 1. The molecule has 0 spiro atoms. The summed E-state index contributed by atoms with van der Waals surface area (Å²) in [5.74, 6) is 0.786. The largest absolute Gasteiger partial charge is 0.385 e. The van der Waals surface area contributed by atoms with E-state index in [0.29, 0.717) is 0 Å². The van der Waals surface area contributed by atoms with Gasteiger partial charge in [0.2, 0.25) is 0 Å². The molecule has 15 heavy (non-hydrogen) atoms. The Kier molecular flexibility index (Phi) is 3.65. The molecular formula is C12H17BrN2. The van der Waals surface area contributed by atoms with E-state index in [1.165, 1.54) is 28.7 Å². The predicted octanol–water partition coefficient (Wildman–Crippen LogP) is 2.78. The molecule has 0 aromatic heterocycles. The molecule has 1 aliphatic rings. The molecule has 1 aliphatic heterocycles. The van der Waals surface area contributed by atoms with Crippen LogP contribution in [0.5, 0.6) is 0 Å². The van der Waals surface area contributed by atoms with Crippen LogP contribution in [0.4, 0.5) is 5.69 Å². The Hall–Kier alpha value is -0.540. The highest BCUT2D eigenvalue weighted by Gasteiger charge is 2.13. The van der Waals surface area contributed by atoms with Gasteiger partial charge in [0.05, 0.1) is 0 Å². The van der Waals surface area contributed by atoms with Gasteiger partial charge in [0, 0.05) is 16.7 Å². The van der Waals surface area contributed by atoms with Crippen LogP contribution < -0.4 is 10.6 Å². The summed E-state index contributed by atoms with van der Waals surface area (Å²) in [6.07, 6.45) is 1.29. The van der Waals surface area contributed by atoms with Crippen molar-refractivity contribution in [1.29, 1.82) is 0 Å². The molecule has 3 heteroatoms. The zero-order chi connectivity index (χ0) is 10.7. The number of hydrogen-bond acceptors (Lipinski definition) is 2. The van der Waals surface area contributed by atoms with Gasteiger partial charge in [-0.25, -0.2) is 0 Å². The first-order valence-corrected chi connectivity index (χ1v) is 6.26. The second-order valence-electron chi connectivity index (χ2n) is 4.20. The third-order valence-electron chi connectivity index (χ3n) is 2.92. The summed E-state index contributed by atoms with van der Waals surface area (Å²) in [4.78, 5) is 0. The van der Waals surface area contributed by atoms with E-state index in [4.69, 9.17) is 0 Å². The smallest absolute Gasteiger partial charge is 0.0343 e. The summed E-state index contributed by atoms with van der Waals surface area (Å²) in [5.41, 5.74) is 2.51. The Morgan fingerprint density at radius 1 is 1.53 bits per heavy atom. The van der Waals surface area contributed by atoms with Crippen molar-refractivity contribution >= 4 is 21.6 Å². The molecule has 0 saturated carbocycles. The number of hydrogen-bond donors (Lipinski definition) is 2. The minimum absolute atomic E-state index is 0.786. The van der Waals surface area contributed by atoms with Crippen LogP contribution in [0.25, 0.3) is 0 Å². The van der Waals surface area contributed by atoms with Crippen LogP contribution in [0.15, 0.2) is 22.7 Å². The van der Waals surface area contributed by atoms with Crippen LogP contribution >= 0.6 is 15.9 Å². The van der Waals surface area contributed by atoms with Gasteiger partial charge in [-0.2, -0.15) is 0 Å². The molecule has 1 aromatic carbocycles. The van der Waals surface area contributed by atoms with E-state index in [0.717, 1.165) is 19.0 Å². The fourth-order valence-corrected chi connectivity index (χ4v) is 2.15. The monoisotopic (exact) mass is 268 g/mol. The maximum Gasteiger partial charge on any atom is 0.0343 e. The highest BCUT2D eigenvalue weighted by atomic mass is 79.9. The lowest BCUT2D eigenvalue weighted by Gasteiger charge is -2.12. The van der Waals surface area contributed by atoms with Crippen molar-refractivity contribution in [2.45, 2.75) is 13.3 Å². The molecule has 2 N–H and O–H groups in total. The molecule has 2 rings (SSSR count). The fraction of sp³-hybridized carbons (Fsp3) is 0.500. The zero-order valence-electron chi connectivity index (χ0n) is 9.02. The number of halogens is 1. The Morgan fingerprint density at radius 3 is 3.07 bits per heavy atom. The number of nitrogens with one attached hydrogen (secondary N) is 2. The van der Waals surface area contributed by atoms with Gasteiger partial charge in [-0.1, -0.05) is 15.9 Å². The Balaban J connectivity index is 1.90. The summed E-state index contributed by atoms with van der Waals surface area (Å²) >= 11 is 3.51. The average Bonchev–Trinajstić information content (AvgIpc) is 2.73. The molecule has 0 bridgehead atoms. The molecule has 1 fully saturated rings. The second kappa shape index (κ2) is 4.99. The molecule has 1 unspecified atom stereocenters. The zero-order valence-corrected chi connectivity index (χ0v) is 10.6. The average molecular weight is 269 g/mol.